The van der Waals surface area contributed by atoms with Crippen LogP contribution in [0.25, 0.3) is 23.1 Å². The van der Waals surface area contributed by atoms with Crippen LogP contribution in [0.5, 0.6) is 5.75 Å². The van der Waals surface area contributed by atoms with E-state index in [1.54, 1.807) is 13.0 Å². The molecule has 41 heavy (non-hydrogen) atoms. The van der Waals surface area contributed by atoms with Gasteiger partial charge in [-0.15, -0.1) is 11.3 Å². The molecule has 0 aliphatic carbocycles. The van der Waals surface area contributed by atoms with E-state index in [0.717, 1.165) is 35.5 Å². The molecule has 4 rings (SSSR count). The molecule has 0 saturated carbocycles. The molecule has 0 spiro atoms. The van der Waals surface area contributed by atoms with Gasteiger partial charge in [-0.1, -0.05) is 0 Å². The maximum atomic E-state index is 14.2. The standard InChI is InChI=1S/C27H21F4NO7S2/c1-4-32(5-2)14-6-9-16-13(3)17(26(33)38-18(16)12-14)10-7-15-8-11-19(40-15)27(34)39-24-20(28)22(30)25(41(35,36)37)23(31)21(24)29/h6-12H,4-5H2,1-3H3,(H,35,36,37)/b10-7+. The van der Waals surface area contributed by atoms with E-state index < -0.39 is 55.6 Å². The summed E-state index contributed by atoms with van der Waals surface area (Å²) in [6.07, 6.45) is 2.95. The molecule has 0 fully saturated rings. The van der Waals surface area contributed by atoms with Gasteiger partial charge in [-0.3, -0.25) is 4.55 Å². The topological polar surface area (TPSA) is 114 Å². The number of esters is 1. The zero-order valence-corrected chi connectivity index (χ0v) is 23.3. The van der Waals surface area contributed by atoms with Crippen LogP contribution in [0.15, 0.2) is 44.4 Å². The molecule has 0 amide bonds. The van der Waals surface area contributed by atoms with Gasteiger partial charge in [0.1, 0.15) is 10.5 Å². The number of anilines is 1. The highest BCUT2D eigenvalue weighted by Gasteiger charge is 2.34. The van der Waals surface area contributed by atoms with Gasteiger partial charge in [0.05, 0.1) is 5.56 Å². The van der Waals surface area contributed by atoms with Crippen molar-refractivity contribution in [1.82, 2.24) is 0 Å². The quantitative estimate of drug-likeness (QED) is 0.0626. The molecule has 0 atom stereocenters. The highest BCUT2D eigenvalue weighted by atomic mass is 32.2. The molecule has 0 aliphatic rings. The first-order chi connectivity index (χ1) is 19.3. The van der Waals surface area contributed by atoms with Gasteiger partial charge in [-0.05, 0) is 62.8 Å². The van der Waals surface area contributed by atoms with E-state index in [-0.39, 0.29) is 10.4 Å². The Bertz CT molecular complexity index is 1850. The fourth-order valence-corrected chi connectivity index (χ4v) is 5.52. The van der Waals surface area contributed by atoms with Gasteiger partial charge < -0.3 is 14.1 Å². The number of fused-ring (bicyclic) bond motifs is 1. The van der Waals surface area contributed by atoms with Gasteiger partial charge in [-0.25, -0.2) is 18.4 Å². The first kappa shape index (κ1) is 30.0. The molecule has 2 aromatic heterocycles. The molecule has 8 nitrogen and oxygen atoms in total. The lowest BCUT2D eigenvalue weighted by Crippen LogP contribution is -2.21. The minimum Gasteiger partial charge on any atom is -0.422 e. The van der Waals surface area contributed by atoms with E-state index in [0.29, 0.717) is 16.0 Å². The molecule has 0 bridgehead atoms. The van der Waals surface area contributed by atoms with Crippen LogP contribution in [0.2, 0.25) is 0 Å². The SMILES string of the molecule is CCN(CC)c1ccc2c(C)c(/C=C/c3ccc(C(=O)Oc4c(F)c(F)c(S(=O)(=O)O)c(F)c4F)s3)c(=O)oc2c1. The van der Waals surface area contributed by atoms with Crippen LogP contribution in [-0.2, 0) is 10.1 Å². The molecule has 2 aromatic carbocycles. The van der Waals surface area contributed by atoms with Crippen LogP contribution in [0.3, 0.4) is 0 Å². The second kappa shape index (κ2) is 11.5. The summed E-state index contributed by atoms with van der Waals surface area (Å²) in [5.74, 6) is -12.8. The third kappa shape index (κ3) is 5.76. The fraction of sp³-hybridized carbons (Fsp3) is 0.185. The van der Waals surface area contributed by atoms with Crippen LogP contribution in [0, 0.1) is 30.2 Å². The van der Waals surface area contributed by atoms with Crippen LogP contribution in [0.1, 0.15) is 39.5 Å². The van der Waals surface area contributed by atoms with Crippen molar-refractivity contribution in [3.8, 4) is 5.75 Å². The van der Waals surface area contributed by atoms with Gasteiger partial charge in [0, 0.05) is 35.1 Å². The predicted molar refractivity (Wildman–Crippen MR) is 145 cm³/mol. The van der Waals surface area contributed by atoms with Gasteiger partial charge >= 0.3 is 21.7 Å². The summed E-state index contributed by atoms with van der Waals surface area (Å²) in [5.41, 5.74) is 1.64. The Hall–Kier alpha value is -4.01. The van der Waals surface area contributed by atoms with E-state index in [2.05, 4.69) is 9.64 Å². The van der Waals surface area contributed by atoms with E-state index in [1.807, 2.05) is 26.0 Å². The number of nitrogens with zero attached hydrogens (tertiary/aromatic N) is 1. The molecule has 0 unspecified atom stereocenters. The van der Waals surface area contributed by atoms with Gasteiger partial charge in [-0.2, -0.15) is 17.2 Å². The smallest absolute Gasteiger partial charge is 0.353 e. The Balaban J connectivity index is 1.60. The Morgan fingerprint density at radius 1 is 1.02 bits per heavy atom. The van der Waals surface area contributed by atoms with Crippen molar-refractivity contribution in [2.45, 2.75) is 25.7 Å². The summed E-state index contributed by atoms with van der Waals surface area (Å²) in [6, 6.07) is 8.19. The first-order valence-corrected chi connectivity index (χ1v) is 14.2. The maximum Gasteiger partial charge on any atom is 0.353 e. The number of rotatable bonds is 8. The number of carbonyl (C=O) groups is 1. The molecule has 0 aliphatic heterocycles. The fourth-order valence-electron chi connectivity index (χ4n) is 4.10. The molecular formula is C27H21F4NO7S2. The van der Waals surface area contributed by atoms with Crippen molar-refractivity contribution in [1.29, 1.82) is 0 Å². The van der Waals surface area contributed by atoms with E-state index >= 15 is 0 Å². The number of aryl methyl sites for hydroxylation is 1. The number of ether oxygens (including phenoxy) is 1. The Labute approximate surface area is 234 Å². The molecule has 14 heteroatoms. The van der Waals surface area contributed by atoms with Crippen molar-refractivity contribution < 1.29 is 44.5 Å². The zero-order valence-electron chi connectivity index (χ0n) is 21.6. The zero-order chi connectivity index (χ0) is 30.2. The van der Waals surface area contributed by atoms with Crippen LogP contribution in [-0.4, -0.2) is 32.0 Å². The molecular weight excluding hydrogens is 590 g/mol. The number of hydrogen-bond donors (Lipinski definition) is 1. The molecule has 4 aromatic rings. The maximum absolute atomic E-state index is 14.2. The Morgan fingerprint density at radius 3 is 2.24 bits per heavy atom. The number of hydrogen-bond acceptors (Lipinski definition) is 8. The highest BCUT2D eigenvalue weighted by molar-refractivity contribution is 7.85. The second-order valence-electron chi connectivity index (χ2n) is 8.60. The van der Waals surface area contributed by atoms with Crippen molar-refractivity contribution in [2.24, 2.45) is 0 Å². The second-order valence-corrected chi connectivity index (χ2v) is 11.1. The number of halogens is 4. The van der Waals surface area contributed by atoms with Gasteiger partial charge in [0.15, 0.2) is 16.5 Å². The summed E-state index contributed by atoms with van der Waals surface area (Å²) >= 11 is 0.765. The average molecular weight is 612 g/mol. The lowest BCUT2D eigenvalue weighted by atomic mass is 10.0. The predicted octanol–water partition coefficient (Wildman–Crippen LogP) is 6.20. The van der Waals surface area contributed by atoms with Crippen LogP contribution >= 0.6 is 11.3 Å². The Morgan fingerprint density at radius 2 is 1.66 bits per heavy atom. The number of carbonyl (C=O) groups excluding carboxylic acids is 1. The van der Waals surface area contributed by atoms with Crippen molar-refractivity contribution >= 4 is 56.2 Å². The molecule has 1 N–H and O–H groups in total. The minimum atomic E-state index is -5.67. The summed E-state index contributed by atoms with van der Waals surface area (Å²) in [4.78, 5) is 25.2. The van der Waals surface area contributed by atoms with Gasteiger partial charge in [0.25, 0.3) is 0 Å². The third-order valence-corrected chi connectivity index (χ3v) is 8.11. The Kier molecular flexibility index (Phi) is 8.38. The molecule has 216 valence electrons. The third-order valence-electron chi connectivity index (χ3n) is 6.20. The van der Waals surface area contributed by atoms with Crippen molar-refractivity contribution in [3.63, 3.8) is 0 Å². The monoisotopic (exact) mass is 611 g/mol. The number of benzene rings is 2. The van der Waals surface area contributed by atoms with E-state index in [4.69, 9.17) is 8.97 Å². The highest BCUT2D eigenvalue weighted by Crippen LogP contribution is 2.33. The lowest BCUT2D eigenvalue weighted by molar-refractivity contribution is 0.0721. The normalized spacial score (nSPS) is 11.9. The summed E-state index contributed by atoms with van der Waals surface area (Å²) in [6.45, 7) is 7.33. The van der Waals surface area contributed by atoms with Crippen molar-refractivity contribution in [2.75, 3.05) is 18.0 Å². The van der Waals surface area contributed by atoms with E-state index in [9.17, 15) is 35.6 Å². The molecule has 0 radical (unpaired) electrons. The molecule has 2 heterocycles. The van der Waals surface area contributed by atoms with E-state index in [1.165, 1.54) is 24.3 Å². The molecule has 0 saturated heterocycles. The average Bonchev–Trinajstić information content (AvgIpc) is 3.39. The van der Waals surface area contributed by atoms with Crippen LogP contribution < -0.4 is 15.3 Å². The first-order valence-electron chi connectivity index (χ1n) is 11.9. The minimum absolute atomic E-state index is 0.241. The van der Waals surface area contributed by atoms with Crippen LogP contribution in [0.4, 0.5) is 23.2 Å². The summed E-state index contributed by atoms with van der Waals surface area (Å²) in [7, 11) is -5.67. The van der Waals surface area contributed by atoms with Crippen molar-refractivity contribution in [3.05, 3.63) is 84.9 Å². The number of thiophene rings is 1. The summed E-state index contributed by atoms with van der Waals surface area (Å²) < 4.78 is 97.5. The lowest BCUT2D eigenvalue weighted by Gasteiger charge is -2.21. The largest absolute Gasteiger partial charge is 0.422 e. The summed E-state index contributed by atoms with van der Waals surface area (Å²) in [5, 5.41) is 0.721. The van der Waals surface area contributed by atoms with Gasteiger partial charge in [0.2, 0.25) is 17.4 Å².